The molecule has 0 bridgehead atoms. The van der Waals surface area contributed by atoms with Crippen molar-refractivity contribution in [2.75, 3.05) is 0 Å². The second kappa shape index (κ2) is 9.37. The molecule has 0 saturated heterocycles. The van der Waals surface area contributed by atoms with Gasteiger partial charge in [-0.15, -0.1) is 0 Å². The van der Waals surface area contributed by atoms with E-state index in [0.29, 0.717) is 29.1 Å². The second-order valence-electron chi connectivity index (χ2n) is 9.33. The van der Waals surface area contributed by atoms with Crippen molar-refractivity contribution in [2.24, 2.45) is 5.92 Å². The average molecular weight is 467 g/mol. The number of benzene rings is 2. The second-order valence-corrected chi connectivity index (χ2v) is 9.33. The summed E-state index contributed by atoms with van der Waals surface area (Å²) >= 11 is 0. The summed E-state index contributed by atoms with van der Waals surface area (Å²) in [4.78, 5) is 28.7. The van der Waals surface area contributed by atoms with Crippen molar-refractivity contribution in [3.63, 3.8) is 0 Å². The zero-order valence-corrected chi connectivity index (χ0v) is 19.6. The van der Waals surface area contributed by atoms with Gasteiger partial charge in [-0.1, -0.05) is 12.1 Å². The van der Waals surface area contributed by atoms with Crippen LogP contribution in [-0.2, 0) is 4.74 Å². The first-order chi connectivity index (χ1) is 16.1. The van der Waals surface area contributed by atoms with Gasteiger partial charge in [-0.3, -0.25) is 4.79 Å². The van der Waals surface area contributed by atoms with Crippen molar-refractivity contribution in [1.82, 2.24) is 10.1 Å². The minimum Gasteiger partial charge on any atom is -0.482 e. The molecule has 7 nitrogen and oxygen atoms in total. The van der Waals surface area contributed by atoms with Gasteiger partial charge in [0.1, 0.15) is 17.2 Å². The Hall–Kier alpha value is -3.55. The molecule has 0 aliphatic heterocycles. The van der Waals surface area contributed by atoms with Crippen molar-refractivity contribution >= 4 is 11.8 Å². The molecule has 34 heavy (non-hydrogen) atoms. The lowest BCUT2D eigenvalue weighted by Crippen LogP contribution is -2.24. The van der Waals surface area contributed by atoms with Crippen LogP contribution in [0, 0.1) is 11.7 Å². The quantitative estimate of drug-likeness (QED) is 0.299. The predicted molar refractivity (Wildman–Crippen MR) is 122 cm³/mol. The Kier molecular flexibility index (Phi) is 6.50. The van der Waals surface area contributed by atoms with E-state index < -0.39 is 23.5 Å². The number of hydrogen-bond acceptors (Lipinski definition) is 7. The lowest BCUT2D eigenvalue weighted by molar-refractivity contribution is 0.00646. The highest BCUT2D eigenvalue weighted by Gasteiger charge is 2.30. The van der Waals surface area contributed by atoms with Crippen molar-refractivity contribution in [3.05, 3.63) is 65.2 Å². The molecule has 8 heteroatoms. The third-order valence-electron chi connectivity index (χ3n) is 5.30. The van der Waals surface area contributed by atoms with Crippen LogP contribution in [0.15, 0.2) is 47.0 Å². The number of esters is 1. The van der Waals surface area contributed by atoms with Crippen molar-refractivity contribution in [3.8, 4) is 17.2 Å². The minimum atomic E-state index is -0.743. The van der Waals surface area contributed by atoms with Gasteiger partial charge in [0.05, 0.1) is 5.56 Å². The van der Waals surface area contributed by atoms with Gasteiger partial charge in [-0.2, -0.15) is 4.98 Å². The number of ketones is 1. The van der Waals surface area contributed by atoms with Crippen LogP contribution < -0.4 is 4.74 Å². The Morgan fingerprint density at radius 1 is 1.15 bits per heavy atom. The fraction of sp³-hybridized carbons (Fsp3) is 0.385. The Labute approximate surface area is 197 Å². The summed E-state index contributed by atoms with van der Waals surface area (Å²) in [5.41, 5.74) is 0.117. The smallest absolute Gasteiger partial charge is 0.341 e. The number of hydrogen-bond donors (Lipinski definition) is 0. The molecule has 0 radical (unpaired) electrons. The SMILES string of the molecule is CCC(Oc1ccc(C(=O)C2CC2)cc1)c1noc(-c2ccc(C(=O)OC(C)(C)C)c(F)c2)n1. The first-order valence-electron chi connectivity index (χ1n) is 11.3. The zero-order valence-electron chi connectivity index (χ0n) is 19.6. The van der Waals surface area contributed by atoms with Crippen molar-refractivity contribution < 1.29 is 28.0 Å². The van der Waals surface area contributed by atoms with Gasteiger partial charge in [-0.05, 0) is 82.5 Å². The number of nitrogens with zero attached hydrogens (tertiary/aromatic N) is 2. The monoisotopic (exact) mass is 466 g/mol. The molecular formula is C26H27FN2O5. The van der Waals surface area contributed by atoms with Gasteiger partial charge in [0.2, 0.25) is 5.82 Å². The fourth-order valence-electron chi connectivity index (χ4n) is 3.39. The maximum Gasteiger partial charge on any atom is 0.341 e. The van der Waals surface area contributed by atoms with Gasteiger partial charge in [0, 0.05) is 17.0 Å². The van der Waals surface area contributed by atoms with E-state index in [-0.39, 0.29) is 23.2 Å². The lowest BCUT2D eigenvalue weighted by Gasteiger charge is -2.19. The summed E-state index contributed by atoms with van der Waals surface area (Å²) in [7, 11) is 0. The first-order valence-corrected chi connectivity index (χ1v) is 11.3. The molecule has 1 fully saturated rings. The van der Waals surface area contributed by atoms with E-state index in [1.807, 2.05) is 6.92 Å². The molecule has 0 spiro atoms. The number of Topliss-reactive ketones (excluding diaryl/α,β-unsaturated/α-hetero) is 1. The number of carbonyl (C=O) groups excluding carboxylic acids is 2. The van der Waals surface area contributed by atoms with Crippen LogP contribution in [0.2, 0.25) is 0 Å². The summed E-state index contributed by atoms with van der Waals surface area (Å²) < 4.78 is 31.1. The van der Waals surface area contributed by atoms with Crippen LogP contribution in [0.3, 0.4) is 0 Å². The maximum atomic E-state index is 14.6. The summed E-state index contributed by atoms with van der Waals surface area (Å²) in [5.74, 6) is -0.146. The molecule has 0 N–H and O–H groups in total. The van der Waals surface area contributed by atoms with Gasteiger partial charge >= 0.3 is 5.97 Å². The highest BCUT2D eigenvalue weighted by molar-refractivity contribution is 5.99. The van der Waals surface area contributed by atoms with Crippen LogP contribution in [0.5, 0.6) is 5.75 Å². The van der Waals surface area contributed by atoms with Crippen LogP contribution in [0.1, 0.15) is 79.6 Å². The van der Waals surface area contributed by atoms with E-state index in [1.54, 1.807) is 45.0 Å². The van der Waals surface area contributed by atoms with E-state index in [4.69, 9.17) is 14.0 Å². The van der Waals surface area contributed by atoms with Gasteiger partial charge in [0.25, 0.3) is 5.89 Å². The molecule has 4 rings (SSSR count). The molecule has 3 aromatic rings. The molecule has 1 heterocycles. The Bertz CT molecular complexity index is 1190. The predicted octanol–water partition coefficient (Wildman–Crippen LogP) is 5.95. The van der Waals surface area contributed by atoms with Gasteiger partial charge in [-0.25, -0.2) is 9.18 Å². The number of rotatable bonds is 8. The highest BCUT2D eigenvalue weighted by Crippen LogP contribution is 2.33. The Morgan fingerprint density at radius 2 is 1.85 bits per heavy atom. The summed E-state index contributed by atoms with van der Waals surface area (Å²) in [6, 6.07) is 11.1. The molecule has 1 aliphatic carbocycles. The fourth-order valence-corrected chi connectivity index (χ4v) is 3.39. The molecule has 1 aromatic heterocycles. The van der Waals surface area contributed by atoms with E-state index in [1.165, 1.54) is 12.1 Å². The molecule has 2 aromatic carbocycles. The molecule has 0 amide bonds. The van der Waals surface area contributed by atoms with E-state index in [2.05, 4.69) is 10.1 Å². The number of aromatic nitrogens is 2. The van der Waals surface area contributed by atoms with Crippen LogP contribution in [0.25, 0.3) is 11.5 Å². The van der Waals surface area contributed by atoms with Gasteiger partial charge in [0.15, 0.2) is 11.9 Å². The molecule has 178 valence electrons. The minimum absolute atomic E-state index is 0.108. The topological polar surface area (TPSA) is 91.5 Å². The maximum absolute atomic E-state index is 14.6. The standard InChI is InChI=1S/C26H27FN2O5/c1-5-21(32-18-11-8-16(9-12-18)22(30)15-6-7-15)23-28-24(34-29-23)17-10-13-19(20(27)14-17)25(31)33-26(2,3)4/h8-15,21H,5-7H2,1-4H3. The summed E-state index contributed by atoms with van der Waals surface area (Å²) in [5, 5.41) is 3.99. The normalized spacial score (nSPS) is 14.5. The Balaban J connectivity index is 1.46. The number of carbonyl (C=O) groups is 2. The Morgan fingerprint density at radius 3 is 2.44 bits per heavy atom. The first kappa shape index (κ1) is 23.6. The molecule has 1 atom stereocenters. The summed E-state index contributed by atoms with van der Waals surface area (Å²) in [6.07, 6.45) is 1.99. The van der Waals surface area contributed by atoms with Crippen molar-refractivity contribution in [2.45, 2.75) is 58.7 Å². The zero-order chi connectivity index (χ0) is 24.5. The van der Waals surface area contributed by atoms with Gasteiger partial charge < -0.3 is 14.0 Å². The van der Waals surface area contributed by atoms with Crippen LogP contribution in [0.4, 0.5) is 4.39 Å². The number of ether oxygens (including phenoxy) is 2. The summed E-state index contributed by atoms with van der Waals surface area (Å²) in [6.45, 7) is 7.06. The highest BCUT2D eigenvalue weighted by atomic mass is 19.1. The molecule has 1 saturated carbocycles. The van der Waals surface area contributed by atoms with Crippen LogP contribution >= 0.6 is 0 Å². The van der Waals surface area contributed by atoms with E-state index in [0.717, 1.165) is 18.9 Å². The van der Waals surface area contributed by atoms with E-state index >= 15 is 0 Å². The largest absolute Gasteiger partial charge is 0.482 e. The molecule has 1 unspecified atom stereocenters. The van der Waals surface area contributed by atoms with E-state index in [9.17, 15) is 14.0 Å². The average Bonchev–Trinajstić information content (AvgIpc) is 3.52. The molecule has 1 aliphatic rings. The van der Waals surface area contributed by atoms with Crippen molar-refractivity contribution in [1.29, 1.82) is 0 Å². The number of halogens is 1. The third kappa shape index (κ3) is 5.50. The van der Waals surface area contributed by atoms with Crippen LogP contribution in [-0.4, -0.2) is 27.5 Å². The molecular weight excluding hydrogens is 439 g/mol. The lowest BCUT2D eigenvalue weighted by atomic mass is 10.1. The third-order valence-corrected chi connectivity index (χ3v) is 5.30.